The van der Waals surface area contributed by atoms with E-state index in [1.54, 1.807) is 44.0 Å². The van der Waals surface area contributed by atoms with Crippen molar-refractivity contribution in [3.63, 3.8) is 0 Å². The first-order valence-electron chi connectivity index (χ1n) is 14.4. The van der Waals surface area contributed by atoms with Crippen LogP contribution >= 0.6 is 0 Å². The third-order valence-electron chi connectivity index (χ3n) is 7.61. The Kier molecular flexibility index (Phi) is 6.81. The Hall–Kier alpha value is -6.82. The molecular formula is C34H24N12. The molecule has 4 aromatic carbocycles. The lowest BCUT2D eigenvalue weighted by Crippen LogP contribution is -2.01. The van der Waals surface area contributed by atoms with Gasteiger partial charge in [0.1, 0.15) is 50.6 Å². The summed E-state index contributed by atoms with van der Waals surface area (Å²) in [5.41, 5.74) is 9.91. The number of rotatable bonds is 8. The predicted molar refractivity (Wildman–Crippen MR) is 170 cm³/mol. The smallest absolute Gasteiger partial charge is 0.138 e. The van der Waals surface area contributed by atoms with E-state index in [9.17, 15) is 0 Å². The van der Waals surface area contributed by atoms with E-state index in [4.69, 9.17) is 0 Å². The van der Waals surface area contributed by atoms with Gasteiger partial charge in [-0.05, 0) is 81.9 Å². The van der Waals surface area contributed by atoms with Gasteiger partial charge in [0.2, 0.25) is 0 Å². The molecule has 0 aliphatic heterocycles. The van der Waals surface area contributed by atoms with Crippen molar-refractivity contribution < 1.29 is 0 Å². The molecule has 0 N–H and O–H groups in total. The maximum absolute atomic E-state index is 4.30. The minimum atomic E-state index is 0.915. The van der Waals surface area contributed by atoms with Gasteiger partial charge in [-0.1, -0.05) is 48.5 Å². The summed E-state index contributed by atoms with van der Waals surface area (Å²) in [5, 5.41) is 17.2. The molecule has 220 valence electrons. The molecule has 4 heterocycles. The first-order chi connectivity index (χ1) is 22.8. The molecule has 12 nitrogen and oxygen atoms in total. The zero-order valence-electron chi connectivity index (χ0n) is 24.2. The van der Waals surface area contributed by atoms with Crippen molar-refractivity contribution in [2.75, 3.05) is 0 Å². The molecule has 0 aliphatic rings. The molecule has 0 spiro atoms. The topological polar surface area (TPSA) is 123 Å². The lowest BCUT2D eigenvalue weighted by atomic mass is 9.85. The van der Waals surface area contributed by atoms with Crippen LogP contribution in [0, 0.1) is 0 Å². The van der Waals surface area contributed by atoms with E-state index in [1.807, 2.05) is 48.5 Å². The van der Waals surface area contributed by atoms with Crippen LogP contribution in [0.4, 0.5) is 0 Å². The van der Waals surface area contributed by atoms with E-state index in [-0.39, 0.29) is 0 Å². The Morgan fingerprint density at radius 1 is 0.304 bits per heavy atom. The number of hydrogen-bond donors (Lipinski definition) is 0. The Morgan fingerprint density at radius 2 is 0.522 bits per heavy atom. The molecule has 0 amide bonds. The third-order valence-corrected chi connectivity index (χ3v) is 7.61. The standard InChI is InChI=1S/C34H24N12/c1-9-29(43-21-35-17-39-43)10-2-25(1)33(26-3-11-30(12-4-26)44-22-36-18-40-44)34(27-5-13-31(14-6-27)45-23-37-19-41-45)28-7-15-32(16-8-28)46-24-38-20-42-46/h1-24H. The maximum atomic E-state index is 4.30. The van der Waals surface area contributed by atoms with Crippen LogP contribution < -0.4 is 0 Å². The van der Waals surface area contributed by atoms with Gasteiger partial charge in [0.25, 0.3) is 0 Å². The van der Waals surface area contributed by atoms with Crippen molar-refractivity contribution in [2.24, 2.45) is 0 Å². The van der Waals surface area contributed by atoms with Crippen molar-refractivity contribution in [3.05, 3.63) is 170 Å². The van der Waals surface area contributed by atoms with Gasteiger partial charge >= 0.3 is 0 Å². The van der Waals surface area contributed by atoms with Gasteiger partial charge in [-0.25, -0.2) is 38.7 Å². The molecular weight excluding hydrogens is 576 g/mol. The Balaban J connectivity index is 1.33. The Morgan fingerprint density at radius 3 is 0.696 bits per heavy atom. The van der Waals surface area contributed by atoms with Gasteiger partial charge in [-0.15, -0.1) is 0 Å². The average Bonchev–Trinajstić information content (AvgIpc) is 3.96. The zero-order valence-corrected chi connectivity index (χ0v) is 24.2. The van der Waals surface area contributed by atoms with Gasteiger partial charge in [0.05, 0.1) is 22.7 Å². The van der Waals surface area contributed by atoms with Crippen LogP contribution in [0.3, 0.4) is 0 Å². The highest BCUT2D eigenvalue weighted by molar-refractivity contribution is 6.04. The van der Waals surface area contributed by atoms with Crippen LogP contribution in [-0.2, 0) is 0 Å². The van der Waals surface area contributed by atoms with Crippen LogP contribution in [0.1, 0.15) is 22.3 Å². The fraction of sp³-hybridized carbons (Fsp3) is 0. The van der Waals surface area contributed by atoms with E-state index >= 15 is 0 Å². The Labute approximate surface area is 262 Å². The molecule has 0 unspecified atom stereocenters. The summed E-state index contributed by atoms with van der Waals surface area (Å²) < 4.78 is 6.97. The number of aromatic nitrogens is 12. The minimum absolute atomic E-state index is 0.915. The molecule has 0 saturated heterocycles. The molecule has 8 rings (SSSR count). The monoisotopic (exact) mass is 600 g/mol. The lowest BCUT2D eigenvalue weighted by molar-refractivity contribution is 0.878. The first kappa shape index (κ1) is 26.8. The van der Waals surface area contributed by atoms with E-state index in [2.05, 4.69) is 88.9 Å². The van der Waals surface area contributed by atoms with E-state index in [0.717, 1.165) is 56.1 Å². The van der Waals surface area contributed by atoms with Crippen LogP contribution in [0.15, 0.2) is 148 Å². The lowest BCUT2D eigenvalue weighted by Gasteiger charge is -2.19. The summed E-state index contributed by atoms with van der Waals surface area (Å²) in [5.74, 6) is 0. The molecule has 0 radical (unpaired) electrons. The number of nitrogens with zero attached hydrogens (tertiary/aromatic N) is 12. The van der Waals surface area contributed by atoms with E-state index in [1.165, 1.54) is 25.3 Å². The normalized spacial score (nSPS) is 11.0. The van der Waals surface area contributed by atoms with Crippen molar-refractivity contribution in [3.8, 4) is 22.7 Å². The van der Waals surface area contributed by atoms with Crippen LogP contribution in [0.5, 0.6) is 0 Å². The molecule has 12 heteroatoms. The third kappa shape index (κ3) is 5.15. The molecule has 0 bridgehead atoms. The highest BCUT2D eigenvalue weighted by atomic mass is 15.3. The van der Waals surface area contributed by atoms with Crippen molar-refractivity contribution in [1.29, 1.82) is 0 Å². The first-order valence-corrected chi connectivity index (χ1v) is 14.4. The maximum Gasteiger partial charge on any atom is 0.138 e. The highest BCUT2D eigenvalue weighted by Crippen LogP contribution is 2.38. The van der Waals surface area contributed by atoms with E-state index in [0.29, 0.717) is 0 Å². The zero-order chi connectivity index (χ0) is 30.7. The van der Waals surface area contributed by atoms with Gasteiger partial charge in [0.15, 0.2) is 0 Å². The number of hydrogen-bond acceptors (Lipinski definition) is 8. The average molecular weight is 601 g/mol. The van der Waals surface area contributed by atoms with Gasteiger partial charge in [-0.2, -0.15) is 20.4 Å². The largest absolute Gasteiger partial charge is 0.223 e. The molecule has 46 heavy (non-hydrogen) atoms. The fourth-order valence-electron chi connectivity index (χ4n) is 5.40. The number of benzene rings is 4. The summed E-state index contributed by atoms with van der Waals surface area (Å²) in [7, 11) is 0. The van der Waals surface area contributed by atoms with Gasteiger partial charge in [0, 0.05) is 0 Å². The summed E-state index contributed by atoms with van der Waals surface area (Å²) >= 11 is 0. The molecule has 0 aliphatic carbocycles. The fourth-order valence-corrected chi connectivity index (χ4v) is 5.40. The van der Waals surface area contributed by atoms with Crippen molar-refractivity contribution in [2.45, 2.75) is 0 Å². The second-order valence-corrected chi connectivity index (χ2v) is 10.3. The highest BCUT2D eigenvalue weighted by Gasteiger charge is 2.18. The van der Waals surface area contributed by atoms with Crippen molar-refractivity contribution in [1.82, 2.24) is 59.1 Å². The predicted octanol–water partition coefficient (Wildman–Crippen LogP) is 5.02. The quantitative estimate of drug-likeness (QED) is 0.223. The molecule has 4 aromatic heterocycles. The van der Waals surface area contributed by atoms with Gasteiger partial charge < -0.3 is 0 Å². The van der Waals surface area contributed by atoms with Crippen LogP contribution in [0.25, 0.3) is 33.9 Å². The summed E-state index contributed by atoms with van der Waals surface area (Å²) in [4.78, 5) is 16.4. The second kappa shape index (κ2) is 11.7. The molecule has 0 saturated carbocycles. The minimum Gasteiger partial charge on any atom is -0.223 e. The SMILES string of the molecule is c1ncn(-c2ccc(C(=C(c3ccc(-n4cncn4)cc3)c3ccc(-n4cncn4)cc3)c3ccc(-n4cncn4)cc3)cc2)n1. The van der Waals surface area contributed by atoms with Crippen LogP contribution in [-0.4, -0.2) is 59.1 Å². The summed E-state index contributed by atoms with van der Waals surface area (Å²) in [6, 6.07) is 33.3. The molecule has 0 fully saturated rings. The van der Waals surface area contributed by atoms with E-state index < -0.39 is 0 Å². The summed E-state index contributed by atoms with van der Waals surface area (Å²) in [6.45, 7) is 0. The van der Waals surface area contributed by atoms with Crippen molar-refractivity contribution >= 4 is 11.1 Å². The summed E-state index contributed by atoms with van der Waals surface area (Å²) in [6.07, 6.45) is 12.9. The second-order valence-electron chi connectivity index (χ2n) is 10.3. The molecule has 8 aromatic rings. The van der Waals surface area contributed by atoms with Gasteiger partial charge in [-0.3, -0.25) is 0 Å². The Bertz CT molecular complexity index is 1860. The molecule has 0 atom stereocenters. The van der Waals surface area contributed by atoms with Crippen LogP contribution in [0.2, 0.25) is 0 Å².